The number of nitro benzene ring substituents is 1. The van der Waals surface area contributed by atoms with Crippen LogP contribution in [0.5, 0.6) is 0 Å². The van der Waals surface area contributed by atoms with Gasteiger partial charge in [-0.05, 0) is 24.6 Å². The second-order valence-corrected chi connectivity index (χ2v) is 6.87. The molecule has 1 saturated heterocycles. The summed E-state index contributed by atoms with van der Waals surface area (Å²) in [6.45, 7) is 0.543. The summed E-state index contributed by atoms with van der Waals surface area (Å²) in [5.41, 5.74) is 1.53. The van der Waals surface area contributed by atoms with E-state index in [-0.39, 0.29) is 16.8 Å². The molecule has 3 aromatic rings. The number of nitrogens with zero attached hydrogens (tertiary/aromatic N) is 4. The number of hydrogen-bond acceptors (Lipinski definition) is 5. The SMILES string of the molecule is O=C1C(Sc2ncc3ccccn23)CCN1c1cccc([N+](=O)[O-])c1. The van der Waals surface area contributed by atoms with Gasteiger partial charge in [0, 0.05) is 24.9 Å². The average Bonchev–Trinajstić information content (AvgIpc) is 3.20. The van der Waals surface area contributed by atoms with Crippen molar-refractivity contribution in [3.8, 4) is 0 Å². The number of pyridine rings is 1. The number of non-ortho nitro benzene ring substituents is 1. The van der Waals surface area contributed by atoms with Crippen LogP contribution in [0.15, 0.2) is 60.0 Å². The lowest BCUT2D eigenvalue weighted by Crippen LogP contribution is -2.28. The van der Waals surface area contributed by atoms with E-state index in [9.17, 15) is 14.9 Å². The average molecular weight is 354 g/mol. The fraction of sp³-hybridized carbons (Fsp3) is 0.176. The van der Waals surface area contributed by atoms with Crippen LogP contribution in [-0.4, -0.2) is 32.0 Å². The van der Waals surface area contributed by atoms with Crippen molar-refractivity contribution < 1.29 is 9.72 Å². The van der Waals surface area contributed by atoms with E-state index in [0.717, 1.165) is 10.7 Å². The van der Waals surface area contributed by atoms with Gasteiger partial charge in [0.15, 0.2) is 5.16 Å². The van der Waals surface area contributed by atoms with Gasteiger partial charge in [-0.2, -0.15) is 0 Å². The molecule has 1 aromatic carbocycles. The Bertz CT molecular complexity index is 971. The number of hydrogen-bond donors (Lipinski definition) is 0. The summed E-state index contributed by atoms with van der Waals surface area (Å²) in [6.07, 6.45) is 4.37. The van der Waals surface area contributed by atoms with Crippen molar-refractivity contribution in [2.24, 2.45) is 0 Å². The number of benzene rings is 1. The number of nitro groups is 1. The van der Waals surface area contributed by atoms with Gasteiger partial charge in [-0.1, -0.05) is 23.9 Å². The van der Waals surface area contributed by atoms with Crippen molar-refractivity contribution >= 4 is 34.6 Å². The second-order valence-electron chi connectivity index (χ2n) is 5.70. The number of rotatable bonds is 4. The van der Waals surface area contributed by atoms with Crippen LogP contribution in [0.25, 0.3) is 5.52 Å². The van der Waals surface area contributed by atoms with E-state index in [0.29, 0.717) is 18.7 Å². The zero-order valence-corrected chi connectivity index (χ0v) is 13.9. The first-order valence-electron chi connectivity index (χ1n) is 7.78. The summed E-state index contributed by atoms with van der Waals surface area (Å²) in [5.74, 6) is -0.0434. The Morgan fingerprint density at radius 2 is 2.12 bits per heavy atom. The molecular formula is C17H14N4O3S. The van der Waals surface area contributed by atoms with Crippen molar-refractivity contribution in [2.75, 3.05) is 11.4 Å². The van der Waals surface area contributed by atoms with Gasteiger partial charge < -0.3 is 4.90 Å². The molecule has 0 aliphatic carbocycles. The van der Waals surface area contributed by atoms with Crippen LogP contribution >= 0.6 is 11.8 Å². The monoisotopic (exact) mass is 354 g/mol. The molecule has 1 unspecified atom stereocenters. The Labute approximate surface area is 147 Å². The highest BCUT2D eigenvalue weighted by Crippen LogP contribution is 2.33. The molecule has 1 amide bonds. The molecule has 1 aliphatic rings. The van der Waals surface area contributed by atoms with E-state index in [1.807, 2.05) is 28.8 Å². The summed E-state index contributed by atoms with van der Waals surface area (Å²) in [6, 6.07) is 12.0. The van der Waals surface area contributed by atoms with Gasteiger partial charge in [0.2, 0.25) is 5.91 Å². The van der Waals surface area contributed by atoms with Gasteiger partial charge in [-0.15, -0.1) is 0 Å². The van der Waals surface area contributed by atoms with Crippen LogP contribution < -0.4 is 4.90 Å². The summed E-state index contributed by atoms with van der Waals surface area (Å²) in [7, 11) is 0. The van der Waals surface area contributed by atoms with E-state index in [4.69, 9.17) is 0 Å². The lowest BCUT2D eigenvalue weighted by Gasteiger charge is -2.16. The minimum atomic E-state index is -0.451. The van der Waals surface area contributed by atoms with Crippen molar-refractivity contribution in [3.63, 3.8) is 0 Å². The van der Waals surface area contributed by atoms with Gasteiger partial charge in [0.1, 0.15) is 0 Å². The third kappa shape index (κ3) is 2.85. The molecule has 0 saturated carbocycles. The molecule has 1 aliphatic heterocycles. The molecule has 0 spiro atoms. The maximum absolute atomic E-state index is 12.7. The molecular weight excluding hydrogens is 340 g/mol. The number of carbonyl (C=O) groups excluding carboxylic acids is 1. The molecule has 0 N–H and O–H groups in total. The molecule has 2 aromatic heterocycles. The Balaban J connectivity index is 1.55. The lowest BCUT2D eigenvalue weighted by molar-refractivity contribution is -0.384. The van der Waals surface area contributed by atoms with E-state index >= 15 is 0 Å². The van der Waals surface area contributed by atoms with Crippen LogP contribution in [0.2, 0.25) is 0 Å². The quantitative estimate of drug-likeness (QED) is 0.531. The molecule has 4 rings (SSSR count). The molecule has 126 valence electrons. The first-order valence-corrected chi connectivity index (χ1v) is 8.66. The maximum Gasteiger partial charge on any atom is 0.271 e. The Morgan fingerprint density at radius 1 is 1.24 bits per heavy atom. The predicted molar refractivity (Wildman–Crippen MR) is 94.9 cm³/mol. The third-order valence-corrected chi connectivity index (χ3v) is 5.40. The highest BCUT2D eigenvalue weighted by atomic mass is 32.2. The number of aromatic nitrogens is 2. The largest absolute Gasteiger partial charge is 0.311 e. The molecule has 8 heteroatoms. The van der Waals surface area contributed by atoms with Crippen LogP contribution in [0.4, 0.5) is 11.4 Å². The lowest BCUT2D eigenvalue weighted by atomic mass is 10.2. The first kappa shape index (κ1) is 15.6. The number of thioether (sulfide) groups is 1. The number of amides is 1. The molecule has 25 heavy (non-hydrogen) atoms. The van der Waals surface area contributed by atoms with E-state index in [2.05, 4.69) is 4.98 Å². The second kappa shape index (κ2) is 6.21. The smallest absolute Gasteiger partial charge is 0.271 e. The summed E-state index contributed by atoms with van der Waals surface area (Å²) < 4.78 is 1.95. The van der Waals surface area contributed by atoms with E-state index < -0.39 is 4.92 Å². The van der Waals surface area contributed by atoms with E-state index in [1.165, 1.54) is 23.9 Å². The zero-order chi connectivity index (χ0) is 17.4. The summed E-state index contributed by atoms with van der Waals surface area (Å²) >= 11 is 1.43. The van der Waals surface area contributed by atoms with Crippen LogP contribution in [0, 0.1) is 10.1 Å². The van der Waals surface area contributed by atoms with Crippen LogP contribution in [0.3, 0.4) is 0 Å². The zero-order valence-electron chi connectivity index (χ0n) is 13.1. The molecule has 1 fully saturated rings. The third-order valence-electron chi connectivity index (χ3n) is 4.16. The van der Waals surface area contributed by atoms with Crippen molar-refractivity contribution in [1.29, 1.82) is 0 Å². The number of fused-ring (bicyclic) bond motifs is 1. The first-order chi connectivity index (χ1) is 12.1. The number of anilines is 1. The fourth-order valence-corrected chi connectivity index (χ4v) is 4.03. The molecule has 3 heterocycles. The Morgan fingerprint density at radius 3 is 2.96 bits per heavy atom. The van der Waals surface area contributed by atoms with Gasteiger partial charge in [0.05, 0.1) is 27.6 Å². The number of carbonyl (C=O) groups is 1. The van der Waals surface area contributed by atoms with Gasteiger partial charge in [-0.3, -0.25) is 19.3 Å². The summed E-state index contributed by atoms with van der Waals surface area (Å²) in [5, 5.41) is 11.5. The van der Waals surface area contributed by atoms with Crippen LogP contribution in [0.1, 0.15) is 6.42 Å². The molecule has 0 radical (unpaired) electrons. The highest BCUT2D eigenvalue weighted by Gasteiger charge is 2.34. The Hall–Kier alpha value is -2.87. The van der Waals surface area contributed by atoms with Gasteiger partial charge in [-0.25, -0.2) is 4.98 Å². The standard InChI is InChI=1S/C17H14N4O3S/c22-16-15(25-17-18-11-14-4-1-2-8-20(14)17)7-9-19(16)12-5-3-6-13(10-12)21(23)24/h1-6,8,10-11,15H,7,9H2. The molecule has 0 bridgehead atoms. The van der Waals surface area contributed by atoms with Crippen molar-refractivity contribution in [3.05, 3.63) is 65.0 Å². The number of imidazole rings is 1. The fourth-order valence-electron chi connectivity index (χ4n) is 2.93. The maximum atomic E-state index is 12.7. The van der Waals surface area contributed by atoms with Crippen LogP contribution in [-0.2, 0) is 4.79 Å². The highest BCUT2D eigenvalue weighted by molar-refractivity contribution is 8.00. The molecule has 1 atom stereocenters. The minimum absolute atomic E-state index is 0.0133. The van der Waals surface area contributed by atoms with Crippen molar-refractivity contribution in [1.82, 2.24) is 9.38 Å². The Kier molecular flexibility index (Phi) is 3.89. The predicted octanol–water partition coefficient (Wildman–Crippen LogP) is 3.14. The normalized spacial score (nSPS) is 17.4. The van der Waals surface area contributed by atoms with Gasteiger partial charge >= 0.3 is 0 Å². The van der Waals surface area contributed by atoms with E-state index in [1.54, 1.807) is 23.2 Å². The summed E-state index contributed by atoms with van der Waals surface area (Å²) in [4.78, 5) is 29.2. The minimum Gasteiger partial charge on any atom is -0.311 e. The van der Waals surface area contributed by atoms with Crippen molar-refractivity contribution in [2.45, 2.75) is 16.8 Å². The van der Waals surface area contributed by atoms with Gasteiger partial charge in [0.25, 0.3) is 5.69 Å². The molecule has 7 nitrogen and oxygen atoms in total. The topological polar surface area (TPSA) is 80.8 Å².